The average Bonchev–Trinajstić information content (AvgIpc) is 2.29. The van der Waals surface area contributed by atoms with Crippen LogP contribution in [0.5, 0.6) is 0 Å². The molecule has 1 rings (SSSR count). The van der Waals surface area contributed by atoms with Crippen LogP contribution in [0.3, 0.4) is 0 Å². The van der Waals surface area contributed by atoms with Gasteiger partial charge in [0.1, 0.15) is 5.82 Å². The van der Waals surface area contributed by atoms with Crippen molar-refractivity contribution in [3.8, 4) is 0 Å². The Balaban J connectivity index is 2.92. The quantitative estimate of drug-likeness (QED) is 0.799. The number of hydrogen-bond donors (Lipinski definition) is 2. The monoisotopic (exact) mass is 288 g/mol. The van der Waals surface area contributed by atoms with Crippen LogP contribution < -0.4 is 11.5 Å². The van der Waals surface area contributed by atoms with E-state index >= 15 is 0 Å². The number of rotatable bonds is 6. The lowest BCUT2D eigenvalue weighted by molar-refractivity contribution is 0.1000. The summed E-state index contributed by atoms with van der Waals surface area (Å²) in [6, 6.07) is 3.18. The van der Waals surface area contributed by atoms with E-state index in [9.17, 15) is 17.6 Å². The van der Waals surface area contributed by atoms with Crippen LogP contribution in [0, 0.1) is 5.82 Å². The molecule has 0 saturated heterocycles. The molecule has 0 aliphatic heterocycles. The van der Waals surface area contributed by atoms with E-state index in [1.165, 1.54) is 12.1 Å². The fourth-order valence-electron chi connectivity index (χ4n) is 1.51. The smallest absolute Gasteiger partial charge is 0.248 e. The molecule has 1 atom stereocenters. The Hall–Kier alpha value is -1.47. The zero-order valence-electron chi connectivity index (χ0n) is 10.6. The number of nitrogens with two attached hydrogens (primary N) is 2. The summed E-state index contributed by atoms with van der Waals surface area (Å²) in [5, 5.41) is 0. The number of primary amides is 1. The Kier molecular flexibility index (Phi) is 5.02. The van der Waals surface area contributed by atoms with Crippen LogP contribution in [0.25, 0.3) is 0 Å². The predicted octanol–water partition coefficient (Wildman–Crippen LogP) is 0.577. The Labute approximate surface area is 111 Å². The van der Waals surface area contributed by atoms with Gasteiger partial charge in [0.15, 0.2) is 9.84 Å². The first-order valence-electron chi connectivity index (χ1n) is 5.75. The van der Waals surface area contributed by atoms with Gasteiger partial charge in [0, 0.05) is 17.2 Å². The van der Waals surface area contributed by atoms with Crippen LogP contribution in [0.1, 0.15) is 29.3 Å². The van der Waals surface area contributed by atoms with E-state index in [2.05, 4.69) is 0 Å². The molecule has 0 aliphatic carbocycles. The number of carbonyl (C=O) groups excluding carboxylic acids is 1. The largest absolute Gasteiger partial charge is 0.366 e. The van der Waals surface area contributed by atoms with E-state index < -0.39 is 27.3 Å². The lowest BCUT2D eigenvalue weighted by atomic mass is 10.1. The topological polar surface area (TPSA) is 103 Å². The lowest BCUT2D eigenvalue weighted by Crippen LogP contribution is -2.21. The van der Waals surface area contributed by atoms with Crippen LogP contribution >= 0.6 is 0 Å². The van der Waals surface area contributed by atoms with Crippen molar-refractivity contribution < 1.29 is 17.6 Å². The van der Waals surface area contributed by atoms with Gasteiger partial charge in [-0.15, -0.1) is 0 Å². The van der Waals surface area contributed by atoms with Crippen molar-refractivity contribution in [2.75, 3.05) is 5.75 Å². The van der Waals surface area contributed by atoms with Gasteiger partial charge < -0.3 is 11.5 Å². The van der Waals surface area contributed by atoms with Crippen molar-refractivity contribution in [3.63, 3.8) is 0 Å². The van der Waals surface area contributed by atoms with Crippen molar-refractivity contribution in [3.05, 3.63) is 35.1 Å². The summed E-state index contributed by atoms with van der Waals surface area (Å²) >= 11 is 0. The summed E-state index contributed by atoms with van der Waals surface area (Å²) in [6.45, 7) is 1.70. The fraction of sp³-hybridized carbons (Fsp3) is 0.417. The highest BCUT2D eigenvalue weighted by Crippen LogP contribution is 2.15. The Morgan fingerprint density at radius 3 is 2.58 bits per heavy atom. The normalized spacial score (nSPS) is 13.2. The van der Waals surface area contributed by atoms with E-state index in [0.717, 1.165) is 6.07 Å². The van der Waals surface area contributed by atoms with Gasteiger partial charge in [-0.1, -0.05) is 0 Å². The number of halogens is 1. The second kappa shape index (κ2) is 6.12. The lowest BCUT2D eigenvalue weighted by Gasteiger charge is -2.08. The zero-order valence-corrected chi connectivity index (χ0v) is 11.4. The van der Waals surface area contributed by atoms with Crippen molar-refractivity contribution in [2.24, 2.45) is 11.5 Å². The van der Waals surface area contributed by atoms with Crippen molar-refractivity contribution in [1.29, 1.82) is 0 Å². The fourth-order valence-corrected chi connectivity index (χ4v) is 3.08. The molecule has 106 valence electrons. The molecule has 1 amide bonds. The summed E-state index contributed by atoms with van der Waals surface area (Å²) < 4.78 is 37.1. The summed E-state index contributed by atoms with van der Waals surface area (Å²) in [5.41, 5.74) is 10.6. The standard InChI is InChI=1S/C12H17FN2O3S/c1-8(14)4-5-19(17,18)7-10-6-9(12(15)16)2-3-11(10)13/h2-3,6,8H,4-5,7,14H2,1H3,(H2,15,16). The molecule has 19 heavy (non-hydrogen) atoms. The third kappa shape index (κ3) is 4.96. The number of hydrogen-bond acceptors (Lipinski definition) is 4. The molecule has 7 heteroatoms. The third-order valence-corrected chi connectivity index (χ3v) is 4.20. The highest BCUT2D eigenvalue weighted by Gasteiger charge is 2.17. The van der Waals surface area contributed by atoms with Gasteiger partial charge in [-0.3, -0.25) is 4.79 Å². The number of carbonyl (C=O) groups is 1. The number of sulfone groups is 1. The van der Waals surface area contributed by atoms with Gasteiger partial charge in [-0.2, -0.15) is 0 Å². The SMILES string of the molecule is CC(N)CCS(=O)(=O)Cc1cc(C(N)=O)ccc1F. The van der Waals surface area contributed by atoms with Gasteiger partial charge >= 0.3 is 0 Å². The molecule has 0 heterocycles. The Morgan fingerprint density at radius 2 is 2.05 bits per heavy atom. The van der Waals surface area contributed by atoms with E-state index in [1.807, 2.05) is 0 Å². The van der Waals surface area contributed by atoms with Gasteiger partial charge in [0.25, 0.3) is 0 Å². The first-order chi connectivity index (χ1) is 8.71. The molecule has 0 radical (unpaired) electrons. The minimum Gasteiger partial charge on any atom is -0.366 e. The van der Waals surface area contributed by atoms with E-state index in [4.69, 9.17) is 11.5 Å². The van der Waals surface area contributed by atoms with E-state index in [-0.39, 0.29) is 22.9 Å². The molecule has 5 nitrogen and oxygen atoms in total. The highest BCUT2D eigenvalue weighted by atomic mass is 32.2. The molecule has 1 unspecified atom stereocenters. The van der Waals surface area contributed by atoms with Gasteiger partial charge in [-0.25, -0.2) is 12.8 Å². The Morgan fingerprint density at radius 1 is 1.42 bits per heavy atom. The van der Waals surface area contributed by atoms with Crippen molar-refractivity contribution in [2.45, 2.75) is 25.1 Å². The Bertz CT molecular complexity index is 570. The van der Waals surface area contributed by atoms with Gasteiger partial charge in [-0.05, 0) is 31.5 Å². The maximum absolute atomic E-state index is 13.5. The maximum atomic E-state index is 13.5. The molecule has 1 aromatic rings. The van der Waals surface area contributed by atoms with Gasteiger partial charge in [0.05, 0.1) is 11.5 Å². The minimum atomic E-state index is -3.47. The summed E-state index contributed by atoms with van der Waals surface area (Å²) in [6.07, 6.45) is 0.305. The average molecular weight is 288 g/mol. The highest BCUT2D eigenvalue weighted by molar-refractivity contribution is 7.90. The van der Waals surface area contributed by atoms with E-state index in [1.54, 1.807) is 6.92 Å². The molecular weight excluding hydrogens is 271 g/mol. The van der Waals surface area contributed by atoms with Crippen LogP contribution in [-0.2, 0) is 15.6 Å². The second-order valence-electron chi connectivity index (χ2n) is 4.53. The summed E-state index contributed by atoms with van der Waals surface area (Å²) in [5.74, 6) is -1.99. The number of amides is 1. The van der Waals surface area contributed by atoms with Crippen molar-refractivity contribution >= 4 is 15.7 Å². The molecule has 0 bridgehead atoms. The van der Waals surface area contributed by atoms with Gasteiger partial charge in [0.2, 0.25) is 5.91 Å². The molecule has 0 spiro atoms. The first kappa shape index (κ1) is 15.6. The zero-order chi connectivity index (χ0) is 14.6. The molecule has 0 aromatic heterocycles. The first-order valence-corrected chi connectivity index (χ1v) is 7.57. The number of benzene rings is 1. The maximum Gasteiger partial charge on any atom is 0.248 e. The molecule has 0 aliphatic rings. The third-order valence-electron chi connectivity index (χ3n) is 2.59. The van der Waals surface area contributed by atoms with Crippen LogP contribution in [0.4, 0.5) is 4.39 Å². The molecule has 0 fully saturated rings. The second-order valence-corrected chi connectivity index (χ2v) is 6.71. The van der Waals surface area contributed by atoms with Crippen LogP contribution in [0.2, 0.25) is 0 Å². The van der Waals surface area contributed by atoms with Crippen LogP contribution in [0.15, 0.2) is 18.2 Å². The summed E-state index contributed by atoms with van der Waals surface area (Å²) in [4.78, 5) is 11.0. The molecule has 4 N–H and O–H groups in total. The van der Waals surface area contributed by atoms with Crippen molar-refractivity contribution in [1.82, 2.24) is 0 Å². The van der Waals surface area contributed by atoms with E-state index in [0.29, 0.717) is 6.42 Å². The van der Waals surface area contributed by atoms with Crippen LogP contribution in [-0.4, -0.2) is 26.1 Å². The molecule has 1 aromatic carbocycles. The summed E-state index contributed by atoms with van der Waals surface area (Å²) in [7, 11) is -3.47. The molecule has 0 saturated carbocycles. The molecular formula is C12H17FN2O3S. The minimum absolute atomic E-state index is 0.0547. The predicted molar refractivity (Wildman–Crippen MR) is 70.7 cm³/mol.